The highest BCUT2D eigenvalue weighted by Crippen LogP contribution is 2.22. The molecule has 1 aliphatic rings. The molecule has 132 valence electrons. The van der Waals surface area contributed by atoms with E-state index in [4.69, 9.17) is 0 Å². The van der Waals surface area contributed by atoms with Gasteiger partial charge in [0.2, 0.25) is 0 Å². The normalized spacial score (nSPS) is 18.6. The van der Waals surface area contributed by atoms with E-state index < -0.39 is 0 Å². The molecule has 3 rings (SSSR count). The number of rotatable bonds is 5. The van der Waals surface area contributed by atoms with Gasteiger partial charge in [-0.2, -0.15) is 5.10 Å². The summed E-state index contributed by atoms with van der Waals surface area (Å²) in [6.07, 6.45) is 4.63. The van der Waals surface area contributed by atoms with Crippen molar-refractivity contribution in [3.05, 3.63) is 64.7 Å². The zero-order chi connectivity index (χ0) is 17.6. The number of anilines is 1. The van der Waals surface area contributed by atoms with Gasteiger partial charge in [-0.05, 0) is 68.0 Å². The van der Waals surface area contributed by atoms with E-state index in [0.29, 0.717) is 0 Å². The van der Waals surface area contributed by atoms with Crippen LogP contribution in [0, 0.1) is 19.8 Å². The van der Waals surface area contributed by atoms with E-state index in [9.17, 15) is 0 Å². The van der Waals surface area contributed by atoms with E-state index in [1.165, 1.54) is 48.2 Å². The molecule has 0 amide bonds. The third-order valence-electron chi connectivity index (χ3n) is 5.01. The highest BCUT2D eigenvalue weighted by atomic mass is 15.3. The summed E-state index contributed by atoms with van der Waals surface area (Å²) in [5.41, 5.74) is 9.37. The van der Waals surface area contributed by atoms with Crippen LogP contribution in [-0.2, 0) is 6.54 Å². The predicted molar refractivity (Wildman–Crippen MR) is 107 cm³/mol. The van der Waals surface area contributed by atoms with Gasteiger partial charge in [-0.15, -0.1) is 0 Å². The van der Waals surface area contributed by atoms with E-state index in [1.54, 1.807) is 0 Å². The molecule has 1 atom stereocenters. The topological polar surface area (TPSA) is 27.6 Å². The number of para-hydroxylation sites is 1. The fourth-order valence-electron chi connectivity index (χ4n) is 3.62. The number of hydrogen-bond donors (Lipinski definition) is 1. The molecule has 0 radical (unpaired) electrons. The zero-order valence-electron chi connectivity index (χ0n) is 15.6. The van der Waals surface area contributed by atoms with Gasteiger partial charge in [-0.3, -0.25) is 10.3 Å². The molecule has 2 aromatic carbocycles. The standard InChI is InChI=1S/C22H29N3/c1-17-8-7-11-25(15-17)16-21-13-18(2)12-20(19(21)3)14-23-24-22-9-5-4-6-10-22/h4-6,9-10,12-14,17,24H,7-8,11,15-16H2,1-3H3. The van der Waals surface area contributed by atoms with E-state index in [-0.39, 0.29) is 0 Å². The highest BCUT2D eigenvalue weighted by Gasteiger charge is 2.17. The second-order valence-corrected chi connectivity index (χ2v) is 7.36. The van der Waals surface area contributed by atoms with E-state index in [0.717, 1.165) is 18.2 Å². The monoisotopic (exact) mass is 335 g/mol. The number of nitrogens with one attached hydrogen (secondary N) is 1. The maximum atomic E-state index is 4.43. The lowest BCUT2D eigenvalue weighted by molar-refractivity contribution is 0.176. The molecule has 0 aromatic heterocycles. The first-order valence-electron chi connectivity index (χ1n) is 9.28. The van der Waals surface area contributed by atoms with Gasteiger partial charge in [0.05, 0.1) is 11.9 Å². The molecule has 2 aromatic rings. The first-order valence-corrected chi connectivity index (χ1v) is 9.28. The second-order valence-electron chi connectivity index (χ2n) is 7.36. The van der Waals surface area contributed by atoms with Gasteiger partial charge in [0, 0.05) is 13.1 Å². The molecule has 1 unspecified atom stereocenters. The van der Waals surface area contributed by atoms with Crippen LogP contribution in [0.3, 0.4) is 0 Å². The van der Waals surface area contributed by atoms with E-state index in [1.807, 2.05) is 36.5 Å². The van der Waals surface area contributed by atoms with E-state index >= 15 is 0 Å². The number of benzene rings is 2. The summed E-state index contributed by atoms with van der Waals surface area (Å²) in [7, 11) is 0. The molecule has 1 fully saturated rings. The summed E-state index contributed by atoms with van der Waals surface area (Å²) in [5, 5.41) is 4.43. The van der Waals surface area contributed by atoms with Crippen molar-refractivity contribution in [2.24, 2.45) is 11.0 Å². The lowest BCUT2D eigenvalue weighted by Crippen LogP contribution is -2.34. The Morgan fingerprint density at radius 2 is 2.00 bits per heavy atom. The van der Waals surface area contributed by atoms with Crippen LogP contribution in [0.4, 0.5) is 5.69 Å². The maximum absolute atomic E-state index is 4.43. The van der Waals surface area contributed by atoms with Gasteiger partial charge in [-0.1, -0.05) is 42.8 Å². The third-order valence-corrected chi connectivity index (χ3v) is 5.01. The summed E-state index contributed by atoms with van der Waals surface area (Å²) in [5.74, 6) is 0.815. The van der Waals surface area contributed by atoms with E-state index in [2.05, 4.69) is 48.3 Å². The summed E-state index contributed by atoms with van der Waals surface area (Å²) in [6.45, 7) is 10.2. The summed E-state index contributed by atoms with van der Waals surface area (Å²) < 4.78 is 0. The molecule has 0 saturated carbocycles. The number of aryl methyl sites for hydroxylation is 1. The van der Waals surface area contributed by atoms with Crippen LogP contribution in [0.1, 0.15) is 42.0 Å². The molecule has 1 aliphatic heterocycles. The van der Waals surface area contributed by atoms with Crippen LogP contribution in [0.2, 0.25) is 0 Å². The van der Waals surface area contributed by atoms with Crippen molar-refractivity contribution in [1.82, 2.24) is 4.90 Å². The average Bonchev–Trinajstić information content (AvgIpc) is 2.60. The van der Waals surface area contributed by atoms with Crippen molar-refractivity contribution in [2.75, 3.05) is 18.5 Å². The Balaban J connectivity index is 1.72. The third kappa shape index (κ3) is 4.93. The molecule has 3 heteroatoms. The van der Waals surface area contributed by atoms with Crippen molar-refractivity contribution in [2.45, 2.75) is 40.2 Å². The molecule has 0 spiro atoms. The molecular formula is C22H29N3. The van der Waals surface area contributed by atoms with Gasteiger partial charge >= 0.3 is 0 Å². The lowest BCUT2D eigenvalue weighted by Gasteiger charge is -2.31. The highest BCUT2D eigenvalue weighted by molar-refractivity contribution is 5.83. The second kappa shape index (κ2) is 8.30. The van der Waals surface area contributed by atoms with Crippen molar-refractivity contribution in [1.29, 1.82) is 0 Å². The molecule has 3 nitrogen and oxygen atoms in total. The Hall–Kier alpha value is -2.13. The summed E-state index contributed by atoms with van der Waals surface area (Å²) in [4.78, 5) is 2.60. The molecule has 1 heterocycles. The van der Waals surface area contributed by atoms with Crippen molar-refractivity contribution in [3.63, 3.8) is 0 Å². The Bertz CT molecular complexity index is 722. The summed E-state index contributed by atoms with van der Waals surface area (Å²) in [6, 6.07) is 14.6. The van der Waals surface area contributed by atoms with Gasteiger partial charge in [-0.25, -0.2) is 0 Å². The molecule has 0 bridgehead atoms. The zero-order valence-corrected chi connectivity index (χ0v) is 15.6. The van der Waals surface area contributed by atoms with Gasteiger partial charge in [0.25, 0.3) is 0 Å². The number of nitrogens with zero attached hydrogens (tertiary/aromatic N) is 2. The average molecular weight is 335 g/mol. The Morgan fingerprint density at radius 3 is 2.76 bits per heavy atom. The smallest absolute Gasteiger partial charge is 0.0561 e. The maximum Gasteiger partial charge on any atom is 0.0561 e. The van der Waals surface area contributed by atoms with Crippen LogP contribution in [-0.4, -0.2) is 24.2 Å². The van der Waals surface area contributed by atoms with Crippen LogP contribution in [0.5, 0.6) is 0 Å². The fourth-order valence-corrected chi connectivity index (χ4v) is 3.62. The Morgan fingerprint density at radius 1 is 1.20 bits per heavy atom. The largest absolute Gasteiger partial charge is 0.299 e. The number of piperidine rings is 1. The van der Waals surface area contributed by atoms with Crippen LogP contribution >= 0.6 is 0 Å². The summed E-state index contributed by atoms with van der Waals surface area (Å²) >= 11 is 0. The Kier molecular flexibility index (Phi) is 5.87. The minimum absolute atomic E-state index is 0.815. The van der Waals surface area contributed by atoms with Crippen LogP contribution in [0.15, 0.2) is 47.6 Å². The molecule has 25 heavy (non-hydrogen) atoms. The van der Waals surface area contributed by atoms with Crippen molar-refractivity contribution in [3.8, 4) is 0 Å². The van der Waals surface area contributed by atoms with Gasteiger partial charge in [0.15, 0.2) is 0 Å². The minimum atomic E-state index is 0.815. The van der Waals surface area contributed by atoms with Crippen LogP contribution in [0.25, 0.3) is 0 Å². The van der Waals surface area contributed by atoms with Gasteiger partial charge in [0.1, 0.15) is 0 Å². The first-order chi connectivity index (χ1) is 12.1. The minimum Gasteiger partial charge on any atom is -0.299 e. The van der Waals surface area contributed by atoms with Crippen molar-refractivity contribution >= 4 is 11.9 Å². The lowest BCUT2D eigenvalue weighted by atomic mass is 9.96. The first kappa shape index (κ1) is 17.7. The predicted octanol–water partition coefficient (Wildman–Crippen LogP) is 4.98. The molecule has 1 N–H and O–H groups in total. The molecule has 0 aliphatic carbocycles. The molecular weight excluding hydrogens is 306 g/mol. The fraction of sp³-hybridized carbons (Fsp3) is 0.409. The number of hydrogen-bond acceptors (Lipinski definition) is 3. The number of likely N-dealkylation sites (tertiary alicyclic amines) is 1. The van der Waals surface area contributed by atoms with Crippen molar-refractivity contribution < 1.29 is 0 Å². The quantitative estimate of drug-likeness (QED) is 0.616. The SMILES string of the molecule is Cc1cc(C=NNc2ccccc2)c(C)c(CN2CCCC(C)C2)c1. The van der Waals surface area contributed by atoms with Crippen LogP contribution < -0.4 is 5.43 Å². The molecule has 1 saturated heterocycles. The van der Waals surface area contributed by atoms with Gasteiger partial charge < -0.3 is 0 Å². The Labute approximate surface area is 151 Å². The number of hydrazone groups is 1.